The van der Waals surface area contributed by atoms with Gasteiger partial charge < -0.3 is 0 Å². The molecule has 1 aromatic rings. The fourth-order valence-electron chi connectivity index (χ4n) is 2.11. The lowest BCUT2D eigenvalue weighted by molar-refractivity contribution is -0.119. The zero-order valence-electron chi connectivity index (χ0n) is 8.58. The first-order chi connectivity index (χ1) is 6.75. The van der Waals surface area contributed by atoms with Gasteiger partial charge in [0.05, 0.1) is 0 Å². The predicted molar refractivity (Wildman–Crippen MR) is 59.9 cm³/mol. The highest BCUT2D eigenvalue weighted by molar-refractivity contribution is 7.12. The number of carbonyl (C=O) groups is 1. The first kappa shape index (κ1) is 9.91. The smallest absolute Gasteiger partial charge is 0.133 e. The van der Waals surface area contributed by atoms with Crippen molar-refractivity contribution in [2.75, 3.05) is 0 Å². The van der Waals surface area contributed by atoms with E-state index in [4.69, 9.17) is 0 Å². The van der Waals surface area contributed by atoms with Gasteiger partial charge >= 0.3 is 0 Å². The third-order valence-corrected chi connectivity index (χ3v) is 4.06. The van der Waals surface area contributed by atoms with Gasteiger partial charge in [-0.05, 0) is 31.9 Å². The summed E-state index contributed by atoms with van der Waals surface area (Å²) in [7, 11) is 0. The van der Waals surface area contributed by atoms with Crippen molar-refractivity contribution < 1.29 is 4.79 Å². The van der Waals surface area contributed by atoms with Gasteiger partial charge in [-0.1, -0.05) is 6.42 Å². The zero-order valence-corrected chi connectivity index (χ0v) is 9.40. The predicted octanol–water partition coefficient (Wildman–Crippen LogP) is 3.67. The van der Waals surface area contributed by atoms with Crippen LogP contribution >= 0.6 is 11.3 Å². The second-order valence-electron chi connectivity index (χ2n) is 4.13. The van der Waals surface area contributed by atoms with E-state index >= 15 is 0 Å². The summed E-state index contributed by atoms with van der Waals surface area (Å²) >= 11 is 1.85. The maximum absolute atomic E-state index is 11.5. The summed E-state index contributed by atoms with van der Waals surface area (Å²) in [6.45, 7) is 2.13. The van der Waals surface area contributed by atoms with Gasteiger partial charge in [0.1, 0.15) is 5.78 Å². The van der Waals surface area contributed by atoms with Crippen molar-refractivity contribution in [2.45, 2.75) is 44.9 Å². The number of Topliss-reactive ketones (excluding diaryl/α,β-unsaturated/α-hetero) is 1. The molecular formula is C12H16OS. The van der Waals surface area contributed by atoms with E-state index in [1.807, 2.05) is 11.3 Å². The van der Waals surface area contributed by atoms with Gasteiger partial charge in [0.2, 0.25) is 0 Å². The number of rotatable bonds is 1. The van der Waals surface area contributed by atoms with E-state index in [0.717, 1.165) is 19.3 Å². The van der Waals surface area contributed by atoms with Crippen LogP contribution in [0.2, 0.25) is 0 Å². The lowest BCUT2D eigenvalue weighted by Gasteiger charge is -2.10. The van der Waals surface area contributed by atoms with Gasteiger partial charge in [0.15, 0.2) is 0 Å². The molecule has 0 aromatic carbocycles. The monoisotopic (exact) mass is 208 g/mol. The van der Waals surface area contributed by atoms with Crippen LogP contribution in [0.5, 0.6) is 0 Å². The highest BCUT2D eigenvalue weighted by atomic mass is 32.1. The third kappa shape index (κ3) is 2.24. The molecule has 0 spiro atoms. The number of carbonyl (C=O) groups excluding carboxylic acids is 1. The second kappa shape index (κ2) is 4.26. The summed E-state index contributed by atoms with van der Waals surface area (Å²) in [6.07, 6.45) is 5.10. The van der Waals surface area contributed by atoms with Crippen LogP contribution in [0.25, 0.3) is 0 Å². The summed E-state index contributed by atoms with van der Waals surface area (Å²) < 4.78 is 0. The number of hydrogen-bond acceptors (Lipinski definition) is 2. The van der Waals surface area contributed by atoms with Gasteiger partial charge in [0.25, 0.3) is 0 Å². The quantitative estimate of drug-likeness (QED) is 0.643. The number of ketones is 1. The lowest BCUT2D eigenvalue weighted by Crippen LogP contribution is -2.01. The maximum atomic E-state index is 11.5. The van der Waals surface area contributed by atoms with Crippen LogP contribution in [0.4, 0.5) is 0 Å². The highest BCUT2D eigenvalue weighted by Crippen LogP contribution is 2.33. The van der Waals surface area contributed by atoms with Crippen molar-refractivity contribution in [1.29, 1.82) is 0 Å². The Hall–Kier alpha value is -0.630. The molecule has 0 saturated heterocycles. The topological polar surface area (TPSA) is 17.1 Å². The molecular weight excluding hydrogens is 192 g/mol. The normalized spacial score (nSPS) is 23.5. The molecule has 1 unspecified atom stereocenters. The van der Waals surface area contributed by atoms with Gasteiger partial charge in [-0.2, -0.15) is 0 Å². The largest absolute Gasteiger partial charge is 0.300 e. The average molecular weight is 208 g/mol. The molecule has 0 N–H and O–H groups in total. The van der Waals surface area contributed by atoms with Crippen LogP contribution in [0.3, 0.4) is 0 Å². The molecule has 0 bridgehead atoms. The molecule has 1 saturated carbocycles. The van der Waals surface area contributed by atoms with Crippen molar-refractivity contribution in [2.24, 2.45) is 0 Å². The minimum atomic E-state index is 0.457. The summed E-state index contributed by atoms with van der Waals surface area (Å²) in [6, 6.07) is 4.36. The molecule has 1 aliphatic rings. The molecule has 1 aromatic heterocycles. The molecule has 1 atom stereocenters. The maximum Gasteiger partial charge on any atom is 0.133 e. The highest BCUT2D eigenvalue weighted by Gasteiger charge is 2.20. The van der Waals surface area contributed by atoms with Crippen LogP contribution in [0.15, 0.2) is 12.1 Å². The summed E-state index contributed by atoms with van der Waals surface area (Å²) in [5, 5.41) is 0. The first-order valence-corrected chi connectivity index (χ1v) is 6.15. The molecule has 1 aliphatic carbocycles. The van der Waals surface area contributed by atoms with E-state index in [1.54, 1.807) is 0 Å². The number of thiophene rings is 1. The van der Waals surface area contributed by atoms with E-state index < -0.39 is 0 Å². The third-order valence-electron chi connectivity index (χ3n) is 2.90. The summed E-state index contributed by atoms with van der Waals surface area (Å²) in [4.78, 5) is 14.3. The fourth-order valence-corrected chi connectivity index (χ4v) is 3.12. The minimum absolute atomic E-state index is 0.457. The summed E-state index contributed by atoms with van der Waals surface area (Å²) in [5.74, 6) is 0.974. The Bertz CT molecular complexity index is 327. The summed E-state index contributed by atoms with van der Waals surface area (Å²) in [5.41, 5.74) is 0. The molecule has 1 heterocycles. The Balaban J connectivity index is 2.12. The van der Waals surface area contributed by atoms with Crippen molar-refractivity contribution in [3.8, 4) is 0 Å². The van der Waals surface area contributed by atoms with Gasteiger partial charge in [0, 0.05) is 28.5 Å². The average Bonchev–Trinajstić information content (AvgIpc) is 2.45. The van der Waals surface area contributed by atoms with E-state index in [-0.39, 0.29) is 0 Å². The number of hydrogen-bond donors (Lipinski definition) is 0. The zero-order chi connectivity index (χ0) is 9.97. The van der Waals surface area contributed by atoms with Crippen molar-refractivity contribution >= 4 is 17.1 Å². The van der Waals surface area contributed by atoms with Crippen molar-refractivity contribution in [1.82, 2.24) is 0 Å². The van der Waals surface area contributed by atoms with Crippen LogP contribution in [-0.2, 0) is 4.79 Å². The fraction of sp³-hybridized carbons (Fsp3) is 0.583. The molecule has 0 aliphatic heterocycles. The van der Waals surface area contributed by atoms with Gasteiger partial charge in [-0.3, -0.25) is 4.79 Å². The first-order valence-electron chi connectivity index (χ1n) is 5.34. The van der Waals surface area contributed by atoms with Crippen molar-refractivity contribution in [3.05, 3.63) is 21.9 Å². The molecule has 0 radical (unpaired) electrons. The Morgan fingerprint density at radius 1 is 1.36 bits per heavy atom. The van der Waals surface area contributed by atoms with E-state index in [2.05, 4.69) is 19.1 Å². The molecule has 76 valence electrons. The standard InChI is InChI=1S/C12H16OS/c1-9-6-7-12(14-9)10-4-2-3-5-11(13)8-10/h6-7,10H,2-5,8H2,1H3. The molecule has 0 amide bonds. The second-order valence-corrected chi connectivity index (χ2v) is 5.45. The SMILES string of the molecule is Cc1ccc(C2CCCCC(=O)C2)s1. The Labute approximate surface area is 89.1 Å². The Kier molecular flexibility index (Phi) is 3.02. The molecule has 1 nitrogen and oxygen atoms in total. The lowest BCUT2D eigenvalue weighted by atomic mass is 9.98. The van der Waals surface area contributed by atoms with Gasteiger partial charge in [-0.25, -0.2) is 0 Å². The van der Waals surface area contributed by atoms with Crippen LogP contribution < -0.4 is 0 Å². The Morgan fingerprint density at radius 2 is 2.21 bits per heavy atom. The minimum Gasteiger partial charge on any atom is -0.300 e. The Morgan fingerprint density at radius 3 is 2.93 bits per heavy atom. The van der Waals surface area contributed by atoms with E-state index in [9.17, 15) is 4.79 Å². The molecule has 1 fully saturated rings. The van der Waals surface area contributed by atoms with E-state index in [1.165, 1.54) is 22.6 Å². The van der Waals surface area contributed by atoms with Gasteiger partial charge in [-0.15, -0.1) is 11.3 Å². The van der Waals surface area contributed by atoms with Crippen LogP contribution in [0.1, 0.15) is 47.8 Å². The van der Waals surface area contributed by atoms with Crippen LogP contribution in [0, 0.1) is 6.92 Å². The van der Waals surface area contributed by atoms with E-state index in [0.29, 0.717) is 11.7 Å². The molecule has 14 heavy (non-hydrogen) atoms. The molecule has 2 rings (SSSR count). The van der Waals surface area contributed by atoms with Crippen LogP contribution in [-0.4, -0.2) is 5.78 Å². The number of aryl methyl sites for hydroxylation is 1. The molecule has 2 heteroatoms. The van der Waals surface area contributed by atoms with Crippen molar-refractivity contribution in [3.63, 3.8) is 0 Å².